The summed E-state index contributed by atoms with van der Waals surface area (Å²) in [6.07, 6.45) is 4.78. The number of pyridine rings is 2. The number of benzene rings is 2. The Morgan fingerprint density at radius 1 is 0.766 bits per heavy atom. The van der Waals surface area contributed by atoms with E-state index in [0.29, 0.717) is 21.1 Å². The topological polar surface area (TPSA) is 89.3 Å². The van der Waals surface area contributed by atoms with Crippen molar-refractivity contribution in [2.24, 2.45) is 0 Å². The number of ether oxygens (including phenoxy) is 1. The van der Waals surface area contributed by atoms with Gasteiger partial charge < -0.3 is 9.84 Å². The Hall–Kier alpha value is -3.80. The van der Waals surface area contributed by atoms with E-state index in [1.165, 1.54) is 30.7 Å². The minimum absolute atomic E-state index is 0.361. The maximum absolute atomic E-state index is 15.2. The number of aromatic nitrogens is 5. The van der Waals surface area contributed by atoms with E-state index in [1.807, 2.05) is 0 Å². The maximum atomic E-state index is 15.2. The second kappa shape index (κ2) is 13.0. The molecule has 6 rings (SSSR count). The zero-order valence-corrected chi connectivity index (χ0v) is 26.5. The van der Waals surface area contributed by atoms with E-state index < -0.39 is 69.8 Å². The summed E-state index contributed by atoms with van der Waals surface area (Å²) in [7, 11) is 0. The largest absolute Gasteiger partial charge is 0.377 e. The SMILES string of the molecule is Fc1ccc(C2(C(F)(F)c3ccc(Br)cn3)CO2)c(F)c1.OC(Cn1nccn1)(c1ccc(F)cc1F)C(F)(F)c1ccc(Br)cn1. The van der Waals surface area contributed by atoms with Gasteiger partial charge in [-0.3, -0.25) is 9.97 Å². The lowest BCUT2D eigenvalue weighted by molar-refractivity contribution is -0.209. The Morgan fingerprint density at radius 2 is 1.30 bits per heavy atom. The van der Waals surface area contributed by atoms with Gasteiger partial charge in [0.05, 0.1) is 19.0 Å². The van der Waals surface area contributed by atoms with Crippen LogP contribution in [0.2, 0.25) is 0 Å². The van der Waals surface area contributed by atoms with Gasteiger partial charge in [0.25, 0.3) is 0 Å². The summed E-state index contributed by atoms with van der Waals surface area (Å²) in [5.74, 6) is -11.8. The van der Waals surface area contributed by atoms with Crippen molar-refractivity contribution in [2.45, 2.75) is 29.6 Å². The van der Waals surface area contributed by atoms with E-state index in [9.17, 15) is 31.4 Å². The van der Waals surface area contributed by atoms with Crippen LogP contribution in [0.3, 0.4) is 0 Å². The molecule has 3 aromatic heterocycles. The Kier molecular flexibility index (Phi) is 9.56. The van der Waals surface area contributed by atoms with Gasteiger partial charge in [-0.05, 0) is 80.4 Å². The summed E-state index contributed by atoms with van der Waals surface area (Å²) in [6, 6.07) is 9.27. The second-order valence-corrected chi connectivity index (χ2v) is 12.0. The van der Waals surface area contributed by atoms with E-state index in [2.05, 4.69) is 52.0 Å². The molecule has 0 radical (unpaired) electrons. The average molecular weight is 793 g/mol. The number of aliphatic hydroxyl groups is 1. The minimum atomic E-state index is -4.04. The fraction of sp³-hybridized carbons (Fsp3) is 0.200. The first-order chi connectivity index (χ1) is 22.1. The highest BCUT2D eigenvalue weighted by Crippen LogP contribution is 2.56. The van der Waals surface area contributed by atoms with Crippen LogP contribution in [-0.4, -0.2) is 36.7 Å². The molecule has 7 nitrogen and oxygen atoms in total. The minimum Gasteiger partial charge on any atom is -0.377 e. The number of hydrogen-bond donors (Lipinski definition) is 1. The first kappa shape index (κ1) is 34.5. The van der Waals surface area contributed by atoms with E-state index in [1.54, 1.807) is 0 Å². The molecule has 4 heterocycles. The third kappa shape index (κ3) is 6.66. The third-order valence-electron chi connectivity index (χ3n) is 7.14. The Labute approximate surface area is 277 Å². The van der Waals surface area contributed by atoms with Crippen LogP contribution in [0.4, 0.5) is 35.1 Å². The van der Waals surface area contributed by atoms with Crippen LogP contribution < -0.4 is 0 Å². The van der Waals surface area contributed by atoms with Gasteiger partial charge in [0.1, 0.15) is 41.2 Å². The number of hydrogen-bond acceptors (Lipinski definition) is 6. The quantitative estimate of drug-likeness (QED) is 0.129. The number of epoxide rings is 1. The van der Waals surface area contributed by atoms with E-state index in [4.69, 9.17) is 4.74 Å². The van der Waals surface area contributed by atoms with Crippen molar-refractivity contribution < 1.29 is 45.0 Å². The van der Waals surface area contributed by atoms with Crippen molar-refractivity contribution in [3.63, 3.8) is 0 Å². The summed E-state index contributed by atoms with van der Waals surface area (Å²) in [5, 5.41) is 18.3. The average Bonchev–Trinajstić information content (AvgIpc) is 3.67. The number of rotatable bonds is 8. The van der Waals surface area contributed by atoms with Crippen molar-refractivity contribution in [1.82, 2.24) is 25.0 Å². The van der Waals surface area contributed by atoms with Crippen molar-refractivity contribution in [2.75, 3.05) is 6.61 Å². The molecule has 1 N–H and O–H groups in total. The Balaban J connectivity index is 0.000000189. The van der Waals surface area contributed by atoms with Gasteiger partial charge in [0.15, 0.2) is 11.2 Å². The normalized spacial score (nSPS) is 17.4. The summed E-state index contributed by atoms with van der Waals surface area (Å²) in [4.78, 5) is 8.06. The first-order valence-electron chi connectivity index (χ1n) is 13.2. The van der Waals surface area contributed by atoms with Crippen molar-refractivity contribution in [3.05, 3.63) is 140 Å². The maximum Gasteiger partial charge on any atom is 0.324 e. The van der Waals surface area contributed by atoms with Gasteiger partial charge in [0, 0.05) is 44.6 Å². The molecule has 1 fully saturated rings. The van der Waals surface area contributed by atoms with Gasteiger partial charge >= 0.3 is 11.8 Å². The van der Waals surface area contributed by atoms with Crippen LogP contribution in [0.5, 0.6) is 0 Å². The zero-order chi connectivity index (χ0) is 34.2. The zero-order valence-electron chi connectivity index (χ0n) is 23.4. The molecular weight excluding hydrogens is 774 g/mol. The van der Waals surface area contributed by atoms with Crippen LogP contribution >= 0.6 is 31.9 Å². The van der Waals surface area contributed by atoms with Crippen molar-refractivity contribution in [3.8, 4) is 0 Å². The summed E-state index contributed by atoms with van der Waals surface area (Å²) in [5.41, 5.74) is -7.76. The lowest BCUT2D eigenvalue weighted by Crippen LogP contribution is -2.48. The summed E-state index contributed by atoms with van der Waals surface area (Å²) >= 11 is 6.18. The molecule has 0 bridgehead atoms. The van der Waals surface area contributed by atoms with E-state index in [-0.39, 0.29) is 12.2 Å². The molecule has 1 aliphatic rings. The molecule has 0 aliphatic carbocycles. The van der Waals surface area contributed by atoms with Crippen LogP contribution in [-0.2, 0) is 34.3 Å². The van der Waals surface area contributed by atoms with Gasteiger partial charge in [-0.2, -0.15) is 32.6 Å². The predicted octanol–water partition coefficient (Wildman–Crippen LogP) is 7.53. The fourth-order valence-corrected chi connectivity index (χ4v) is 5.11. The standard InChI is InChI=1S/C16H11BrF4N4O.C14H8BrF4NO/c17-10-1-4-14(22-8-10)16(20,21)15(26,9-25-23-5-6-24-25)12-3-2-11(18)7-13(12)19;15-8-1-4-12(20-6-8)14(18,19)13(7-21-13)10-3-2-9(16)5-11(10)17/h1-8,26H,9H2;1-6H,7H2. The molecule has 1 aliphatic heterocycles. The highest BCUT2D eigenvalue weighted by atomic mass is 79.9. The number of alkyl halides is 4. The van der Waals surface area contributed by atoms with Gasteiger partial charge in [-0.15, -0.1) is 0 Å². The summed E-state index contributed by atoms with van der Waals surface area (Å²) < 4.78 is 120. The van der Waals surface area contributed by atoms with E-state index in [0.717, 1.165) is 47.4 Å². The third-order valence-corrected chi connectivity index (χ3v) is 8.08. The molecule has 0 saturated carbocycles. The van der Waals surface area contributed by atoms with Crippen LogP contribution in [0.15, 0.2) is 94.4 Å². The Bertz CT molecular complexity index is 1860. The monoisotopic (exact) mass is 791 g/mol. The highest BCUT2D eigenvalue weighted by Gasteiger charge is 2.68. The van der Waals surface area contributed by atoms with Crippen LogP contribution in [0.25, 0.3) is 0 Å². The van der Waals surface area contributed by atoms with Crippen molar-refractivity contribution in [1.29, 1.82) is 0 Å². The molecule has 2 atom stereocenters. The number of halogens is 10. The van der Waals surface area contributed by atoms with Gasteiger partial charge in [-0.1, -0.05) is 0 Å². The second-order valence-electron chi connectivity index (χ2n) is 10.2. The van der Waals surface area contributed by atoms with E-state index >= 15 is 8.78 Å². The van der Waals surface area contributed by atoms with Crippen LogP contribution in [0.1, 0.15) is 22.5 Å². The Morgan fingerprint density at radius 3 is 1.79 bits per heavy atom. The molecule has 0 amide bonds. The molecule has 47 heavy (non-hydrogen) atoms. The molecule has 17 heteroatoms. The predicted molar refractivity (Wildman–Crippen MR) is 156 cm³/mol. The number of nitrogens with zero attached hydrogens (tertiary/aromatic N) is 5. The van der Waals surface area contributed by atoms with Crippen LogP contribution in [0, 0.1) is 23.3 Å². The smallest absolute Gasteiger partial charge is 0.324 e. The fourth-order valence-electron chi connectivity index (χ4n) is 4.65. The molecule has 0 spiro atoms. The molecular formula is C30H19Br2F8N5O2. The first-order valence-corrected chi connectivity index (χ1v) is 14.8. The molecule has 2 aromatic carbocycles. The molecule has 246 valence electrons. The van der Waals surface area contributed by atoms with Gasteiger partial charge in [-0.25, -0.2) is 17.6 Å². The highest BCUT2D eigenvalue weighted by molar-refractivity contribution is 9.10. The molecule has 5 aromatic rings. The van der Waals surface area contributed by atoms with Gasteiger partial charge in [0.2, 0.25) is 0 Å². The summed E-state index contributed by atoms with van der Waals surface area (Å²) in [6.45, 7) is -1.24. The molecule has 1 saturated heterocycles. The lowest BCUT2D eigenvalue weighted by atomic mass is 9.84. The molecule has 2 unspecified atom stereocenters. The van der Waals surface area contributed by atoms with Crippen molar-refractivity contribution >= 4 is 31.9 Å². The lowest BCUT2D eigenvalue weighted by Gasteiger charge is -2.35.